The Hall–Kier alpha value is -2.73. The fourth-order valence-electron chi connectivity index (χ4n) is 2.43. The molecule has 0 aliphatic heterocycles. The van der Waals surface area contributed by atoms with Crippen molar-refractivity contribution in [2.75, 3.05) is 7.05 Å². The largest absolute Gasteiger partial charge is 0.335 e. The van der Waals surface area contributed by atoms with Gasteiger partial charge in [-0.2, -0.15) is 0 Å². The van der Waals surface area contributed by atoms with Crippen molar-refractivity contribution >= 4 is 17.5 Å². The molecule has 1 aromatic heterocycles. The zero-order valence-electron chi connectivity index (χ0n) is 13.8. The van der Waals surface area contributed by atoms with E-state index in [1.165, 1.54) is 21.7 Å². The highest BCUT2D eigenvalue weighted by Gasteiger charge is 2.20. The van der Waals surface area contributed by atoms with Crippen LogP contribution in [-0.4, -0.2) is 32.6 Å². The summed E-state index contributed by atoms with van der Waals surface area (Å²) in [7, 11) is 1.67. The van der Waals surface area contributed by atoms with Crippen molar-refractivity contribution in [3.05, 3.63) is 76.6 Å². The Balaban J connectivity index is 1.82. The number of halogens is 2. The van der Waals surface area contributed by atoms with Crippen LogP contribution in [0, 0.1) is 12.7 Å². The lowest BCUT2D eigenvalue weighted by atomic mass is 10.2. The fraction of sp³-hybridized carbons (Fsp3) is 0.167. The van der Waals surface area contributed by atoms with Gasteiger partial charge in [-0.1, -0.05) is 29.8 Å². The predicted molar refractivity (Wildman–Crippen MR) is 93.3 cm³/mol. The molecule has 0 N–H and O–H groups in total. The summed E-state index contributed by atoms with van der Waals surface area (Å²) in [5.74, 6) is -0.0290. The molecule has 128 valence electrons. The van der Waals surface area contributed by atoms with E-state index in [2.05, 4.69) is 10.1 Å². The van der Waals surface area contributed by atoms with E-state index in [9.17, 15) is 9.18 Å². The minimum atomic E-state index is -0.336. The van der Waals surface area contributed by atoms with Crippen LogP contribution in [0.4, 0.5) is 4.39 Å². The van der Waals surface area contributed by atoms with Crippen LogP contribution in [0.15, 0.2) is 48.5 Å². The Morgan fingerprint density at radius 1 is 1.20 bits per heavy atom. The van der Waals surface area contributed by atoms with Crippen LogP contribution in [-0.2, 0) is 6.54 Å². The molecule has 25 heavy (non-hydrogen) atoms. The molecule has 0 aliphatic rings. The number of aryl methyl sites for hydroxylation is 1. The van der Waals surface area contributed by atoms with Crippen LogP contribution in [0.1, 0.15) is 22.0 Å². The predicted octanol–water partition coefficient (Wildman–Crippen LogP) is 3.64. The van der Waals surface area contributed by atoms with Gasteiger partial charge in [-0.3, -0.25) is 4.79 Å². The lowest BCUT2D eigenvalue weighted by Gasteiger charge is -2.16. The average molecular weight is 359 g/mol. The summed E-state index contributed by atoms with van der Waals surface area (Å²) in [5.41, 5.74) is 1.48. The second kappa shape index (κ2) is 7.03. The zero-order chi connectivity index (χ0) is 18.0. The number of carbonyl (C=O) groups excluding carboxylic acids is 1. The molecule has 1 amide bonds. The van der Waals surface area contributed by atoms with Crippen molar-refractivity contribution in [1.82, 2.24) is 19.7 Å². The van der Waals surface area contributed by atoms with Gasteiger partial charge in [0.2, 0.25) is 5.82 Å². The Morgan fingerprint density at radius 3 is 2.56 bits per heavy atom. The molecule has 3 aromatic rings. The number of aromatic nitrogens is 3. The van der Waals surface area contributed by atoms with Gasteiger partial charge in [0.05, 0.1) is 5.69 Å². The Bertz CT molecular complexity index is 908. The topological polar surface area (TPSA) is 51.0 Å². The van der Waals surface area contributed by atoms with Crippen molar-refractivity contribution in [2.24, 2.45) is 0 Å². The number of amides is 1. The molecule has 0 fully saturated rings. The van der Waals surface area contributed by atoms with Crippen molar-refractivity contribution < 1.29 is 9.18 Å². The van der Waals surface area contributed by atoms with Gasteiger partial charge in [0.15, 0.2) is 0 Å². The van der Waals surface area contributed by atoms with E-state index in [1.54, 1.807) is 32.2 Å². The van der Waals surface area contributed by atoms with E-state index < -0.39 is 0 Å². The van der Waals surface area contributed by atoms with Gasteiger partial charge in [-0.25, -0.2) is 14.1 Å². The van der Waals surface area contributed by atoms with Crippen molar-refractivity contribution in [2.45, 2.75) is 13.5 Å². The average Bonchev–Trinajstić information content (AvgIpc) is 2.98. The lowest BCUT2D eigenvalue weighted by Crippen LogP contribution is -2.27. The Morgan fingerprint density at radius 2 is 1.88 bits per heavy atom. The molecule has 0 unspecified atom stereocenters. The first-order valence-electron chi connectivity index (χ1n) is 7.64. The molecule has 0 spiro atoms. The van der Waals surface area contributed by atoms with Crippen LogP contribution < -0.4 is 0 Å². The first-order chi connectivity index (χ1) is 12.0. The molecule has 0 saturated carbocycles. The third kappa shape index (κ3) is 3.69. The summed E-state index contributed by atoms with van der Waals surface area (Å²) in [6.45, 7) is 2.09. The van der Waals surface area contributed by atoms with Gasteiger partial charge in [-0.05, 0) is 42.8 Å². The number of benzene rings is 2. The smallest absolute Gasteiger partial charge is 0.293 e. The van der Waals surface area contributed by atoms with Crippen LogP contribution in [0.2, 0.25) is 5.02 Å². The highest BCUT2D eigenvalue weighted by molar-refractivity contribution is 6.31. The van der Waals surface area contributed by atoms with Crippen molar-refractivity contribution in [3.8, 4) is 5.69 Å². The van der Waals surface area contributed by atoms with Gasteiger partial charge in [0, 0.05) is 18.6 Å². The summed E-state index contributed by atoms with van der Waals surface area (Å²) >= 11 is 6.14. The van der Waals surface area contributed by atoms with Crippen LogP contribution >= 0.6 is 11.6 Å². The third-order valence-corrected chi connectivity index (χ3v) is 4.11. The number of nitrogens with zero attached hydrogens (tertiary/aromatic N) is 4. The normalized spacial score (nSPS) is 10.7. The van der Waals surface area contributed by atoms with E-state index in [0.717, 1.165) is 5.56 Å². The summed E-state index contributed by atoms with van der Waals surface area (Å²) in [6.07, 6.45) is 0. The third-order valence-electron chi connectivity index (χ3n) is 3.74. The van der Waals surface area contributed by atoms with E-state index in [1.807, 2.05) is 18.2 Å². The van der Waals surface area contributed by atoms with Crippen molar-refractivity contribution in [1.29, 1.82) is 0 Å². The second-order valence-corrected chi connectivity index (χ2v) is 6.03. The molecule has 5 nitrogen and oxygen atoms in total. The molecule has 0 radical (unpaired) electrons. The maximum atomic E-state index is 13.1. The maximum absolute atomic E-state index is 13.1. The highest BCUT2D eigenvalue weighted by Crippen LogP contribution is 2.17. The molecular weight excluding hydrogens is 343 g/mol. The van der Waals surface area contributed by atoms with Gasteiger partial charge in [0.25, 0.3) is 5.91 Å². The zero-order valence-corrected chi connectivity index (χ0v) is 14.5. The molecule has 2 aromatic carbocycles. The fourth-order valence-corrected chi connectivity index (χ4v) is 2.63. The summed E-state index contributed by atoms with van der Waals surface area (Å²) in [4.78, 5) is 18.3. The molecule has 0 bridgehead atoms. The molecule has 3 rings (SSSR count). The van der Waals surface area contributed by atoms with Crippen LogP contribution in [0.25, 0.3) is 5.69 Å². The molecule has 1 heterocycles. The summed E-state index contributed by atoms with van der Waals surface area (Å²) in [6, 6.07) is 13.2. The van der Waals surface area contributed by atoms with Gasteiger partial charge in [0.1, 0.15) is 11.6 Å². The minimum Gasteiger partial charge on any atom is -0.335 e. The first-order valence-corrected chi connectivity index (χ1v) is 8.02. The van der Waals surface area contributed by atoms with Gasteiger partial charge < -0.3 is 4.90 Å². The van der Waals surface area contributed by atoms with Crippen LogP contribution in [0.3, 0.4) is 0 Å². The monoisotopic (exact) mass is 358 g/mol. The van der Waals surface area contributed by atoms with E-state index in [4.69, 9.17) is 11.6 Å². The number of hydrogen-bond acceptors (Lipinski definition) is 3. The minimum absolute atomic E-state index is 0.0800. The van der Waals surface area contributed by atoms with E-state index in [0.29, 0.717) is 23.1 Å². The molecule has 0 atom stereocenters. The summed E-state index contributed by atoms with van der Waals surface area (Å²) < 4.78 is 14.6. The first kappa shape index (κ1) is 17.1. The van der Waals surface area contributed by atoms with Crippen molar-refractivity contribution in [3.63, 3.8) is 0 Å². The standard InChI is InChI=1S/C18H16ClFN4O/c1-12-21-17(22-24(12)15-9-7-14(20)8-10-15)18(25)23(2)11-13-5-3-4-6-16(13)19/h3-10H,11H2,1-2H3. The SMILES string of the molecule is Cc1nc(C(=O)N(C)Cc2ccccc2Cl)nn1-c1ccc(F)cc1. The van der Waals surface area contributed by atoms with Gasteiger partial charge >= 0.3 is 0 Å². The number of carbonyl (C=O) groups is 1. The Kier molecular flexibility index (Phi) is 4.81. The molecule has 7 heteroatoms. The Labute approximate surface area is 149 Å². The molecule has 0 saturated heterocycles. The lowest BCUT2D eigenvalue weighted by molar-refractivity contribution is 0.0773. The highest BCUT2D eigenvalue weighted by atomic mass is 35.5. The molecule has 0 aliphatic carbocycles. The number of hydrogen-bond donors (Lipinski definition) is 0. The van der Waals surface area contributed by atoms with E-state index in [-0.39, 0.29) is 17.5 Å². The molecular formula is C18H16ClFN4O. The summed E-state index contributed by atoms with van der Waals surface area (Å²) in [5, 5.41) is 4.85. The number of rotatable bonds is 4. The van der Waals surface area contributed by atoms with Crippen LogP contribution in [0.5, 0.6) is 0 Å². The van der Waals surface area contributed by atoms with Gasteiger partial charge in [-0.15, -0.1) is 5.10 Å². The quantitative estimate of drug-likeness (QED) is 0.715. The maximum Gasteiger partial charge on any atom is 0.293 e. The second-order valence-electron chi connectivity index (χ2n) is 5.62. The van der Waals surface area contributed by atoms with E-state index >= 15 is 0 Å².